The number of aryl methyl sites for hydroxylation is 1. The lowest BCUT2D eigenvalue weighted by Gasteiger charge is -2.46. The van der Waals surface area contributed by atoms with Gasteiger partial charge < -0.3 is 14.6 Å². The van der Waals surface area contributed by atoms with E-state index < -0.39 is 17.0 Å². The number of hydrogen-bond acceptors (Lipinski definition) is 4. The first-order chi connectivity index (χ1) is 15.2. The fourth-order valence-electron chi connectivity index (χ4n) is 5.08. The van der Waals surface area contributed by atoms with Gasteiger partial charge in [0.25, 0.3) is 0 Å². The second-order valence-corrected chi connectivity index (χ2v) is 9.29. The number of carbonyl (C=O) groups is 1. The molecule has 2 aromatic carbocycles. The molecular weight excluding hydrogens is 407 g/mol. The zero-order valence-corrected chi connectivity index (χ0v) is 19.3. The van der Waals surface area contributed by atoms with Crippen LogP contribution >= 0.6 is 0 Å². The van der Waals surface area contributed by atoms with E-state index in [1.54, 1.807) is 26.0 Å². The fraction of sp³-hybridized carbons (Fsp3) is 0.444. The van der Waals surface area contributed by atoms with Crippen LogP contribution in [-0.2, 0) is 16.0 Å². The zero-order valence-electron chi connectivity index (χ0n) is 19.3. The van der Waals surface area contributed by atoms with E-state index in [0.717, 1.165) is 41.5 Å². The lowest BCUT2D eigenvalue weighted by molar-refractivity contribution is -0.172. The highest BCUT2D eigenvalue weighted by molar-refractivity contribution is 6.26. The van der Waals surface area contributed by atoms with Crippen molar-refractivity contribution >= 4 is 11.4 Å². The van der Waals surface area contributed by atoms with E-state index in [4.69, 9.17) is 9.47 Å². The Hall–Kier alpha value is -2.66. The van der Waals surface area contributed by atoms with E-state index in [1.165, 1.54) is 13.2 Å². The summed E-state index contributed by atoms with van der Waals surface area (Å²) in [6, 6.07) is 10.6. The summed E-state index contributed by atoms with van der Waals surface area (Å²) in [4.78, 5) is 13.4. The van der Waals surface area contributed by atoms with Crippen molar-refractivity contribution in [1.82, 2.24) is 0 Å². The SMILES string of the molecule is CCc1cc(-c2ccc(F)c(OC)c2)ccc1C1=C(O)C2(CCCCC2)OC(C)(C)C1=O. The Morgan fingerprint density at radius 1 is 1.06 bits per heavy atom. The molecule has 1 heterocycles. The van der Waals surface area contributed by atoms with Crippen LogP contribution in [0.5, 0.6) is 5.75 Å². The third-order valence-electron chi connectivity index (χ3n) is 6.79. The first kappa shape index (κ1) is 22.5. The Bertz CT molecular complexity index is 1080. The molecule has 4 nitrogen and oxygen atoms in total. The molecule has 1 N–H and O–H groups in total. The van der Waals surface area contributed by atoms with Crippen LogP contribution in [0.3, 0.4) is 0 Å². The molecule has 4 rings (SSSR count). The number of ketones is 1. The molecule has 0 saturated heterocycles. The highest BCUT2D eigenvalue weighted by atomic mass is 19.1. The molecule has 0 amide bonds. The second kappa shape index (κ2) is 8.36. The van der Waals surface area contributed by atoms with Gasteiger partial charge in [-0.1, -0.05) is 50.5 Å². The van der Waals surface area contributed by atoms with Crippen molar-refractivity contribution in [1.29, 1.82) is 0 Å². The quantitative estimate of drug-likeness (QED) is 0.599. The Labute approximate surface area is 189 Å². The summed E-state index contributed by atoms with van der Waals surface area (Å²) < 4.78 is 25.3. The van der Waals surface area contributed by atoms with Crippen molar-refractivity contribution in [3.05, 3.63) is 59.1 Å². The Morgan fingerprint density at radius 2 is 1.72 bits per heavy atom. The smallest absolute Gasteiger partial charge is 0.198 e. The van der Waals surface area contributed by atoms with E-state index in [9.17, 15) is 14.3 Å². The predicted octanol–water partition coefficient (Wildman–Crippen LogP) is 6.41. The van der Waals surface area contributed by atoms with Gasteiger partial charge >= 0.3 is 0 Å². The number of Topliss-reactive ketones (excluding diaryl/α,β-unsaturated/α-hetero) is 1. The van der Waals surface area contributed by atoms with Crippen LogP contribution in [0.1, 0.15) is 64.0 Å². The van der Waals surface area contributed by atoms with Crippen LogP contribution in [0.2, 0.25) is 0 Å². The molecule has 0 unspecified atom stereocenters. The summed E-state index contributed by atoms with van der Waals surface area (Å²) in [6.45, 7) is 5.61. The maximum atomic E-state index is 13.9. The molecule has 2 aromatic rings. The molecule has 0 bridgehead atoms. The van der Waals surface area contributed by atoms with Gasteiger partial charge in [-0.15, -0.1) is 0 Å². The summed E-state index contributed by atoms with van der Waals surface area (Å²) in [7, 11) is 1.44. The number of aliphatic hydroxyl groups excluding tert-OH is 1. The van der Waals surface area contributed by atoms with Gasteiger partial charge in [0.05, 0.1) is 12.7 Å². The lowest BCUT2D eigenvalue weighted by atomic mass is 9.74. The summed E-state index contributed by atoms with van der Waals surface area (Å²) >= 11 is 0. The van der Waals surface area contributed by atoms with Gasteiger partial charge in [-0.25, -0.2) is 4.39 Å². The Balaban J connectivity index is 1.85. The van der Waals surface area contributed by atoms with E-state index >= 15 is 0 Å². The van der Waals surface area contributed by atoms with Gasteiger partial charge in [0.15, 0.2) is 17.3 Å². The first-order valence-corrected chi connectivity index (χ1v) is 11.4. The molecule has 0 atom stereocenters. The number of carbonyl (C=O) groups excluding carboxylic acids is 1. The number of aliphatic hydroxyl groups is 1. The van der Waals surface area contributed by atoms with E-state index in [0.29, 0.717) is 24.8 Å². The van der Waals surface area contributed by atoms with Crippen molar-refractivity contribution in [2.75, 3.05) is 7.11 Å². The number of hydrogen-bond donors (Lipinski definition) is 1. The first-order valence-electron chi connectivity index (χ1n) is 11.4. The minimum Gasteiger partial charge on any atom is -0.508 e. The largest absolute Gasteiger partial charge is 0.508 e. The number of benzene rings is 2. The molecule has 170 valence electrons. The number of ether oxygens (including phenoxy) is 2. The molecule has 1 saturated carbocycles. The third kappa shape index (κ3) is 3.73. The molecule has 0 radical (unpaired) electrons. The minimum atomic E-state index is -1.01. The average molecular weight is 439 g/mol. The summed E-state index contributed by atoms with van der Waals surface area (Å²) in [5, 5.41) is 11.4. The average Bonchev–Trinajstić information content (AvgIpc) is 2.79. The topological polar surface area (TPSA) is 55.8 Å². The van der Waals surface area contributed by atoms with Gasteiger partial charge in [0.1, 0.15) is 17.0 Å². The van der Waals surface area contributed by atoms with Crippen LogP contribution in [0, 0.1) is 5.82 Å². The second-order valence-electron chi connectivity index (χ2n) is 9.29. The van der Waals surface area contributed by atoms with Crippen LogP contribution in [0.15, 0.2) is 42.2 Å². The van der Waals surface area contributed by atoms with Gasteiger partial charge in [-0.05, 0) is 67.5 Å². The van der Waals surface area contributed by atoms with Crippen LogP contribution in [0.4, 0.5) is 4.39 Å². The molecule has 2 aliphatic rings. The molecule has 1 aliphatic heterocycles. The monoisotopic (exact) mass is 438 g/mol. The van der Waals surface area contributed by atoms with Gasteiger partial charge in [0.2, 0.25) is 0 Å². The Morgan fingerprint density at radius 3 is 2.38 bits per heavy atom. The van der Waals surface area contributed by atoms with Crippen molar-refractivity contribution in [2.24, 2.45) is 0 Å². The molecule has 32 heavy (non-hydrogen) atoms. The number of methoxy groups -OCH3 is 1. The van der Waals surface area contributed by atoms with Gasteiger partial charge in [0, 0.05) is 0 Å². The van der Waals surface area contributed by atoms with E-state index in [2.05, 4.69) is 0 Å². The lowest BCUT2D eigenvalue weighted by Crippen LogP contribution is -2.53. The number of halogens is 1. The van der Waals surface area contributed by atoms with E-state index in [-0.39, 0.29) is 17.3 Å². The number of rotatable bonds is 4. The standard InChI is InChI=1S/C27H31FO4/c1-5-17-15-18(19-10-12-21(28)22(16-19)31-4)9-11-20(17)23-24(29)26(2,3)32-27(25(23)30)13-7-6-8-14-27/h9-12,15-16,30H,5-8,13-14H2,1-4H3. The highest BCUT2D eigenvalue weighted by Gasteiger charge is 2.52. The Kier molecular flexibility index (Phi) is 5.89. The van der Waals surface area contributed by atoms with Gasteiger partial charge in [-0.2, -0.15) is 0 Å². The van der Waals surface area contributed by atoms with Crippen molar-refractivity contribution in [2.45, 2.75) is 70.5 Å². The highest BCUT2D eigenvalue weighted by Crippen LogP contribution is 2.48. The predicted molar refractivity (Wildman–Crippen MR) is 123 cm³/mol. The summed E-state index contributed by atoms with van der Waals surface area (Å²) in [5.41, 5.74) is 1.99. The zero-order chi connectivity index (χ0) is 23.1. The summed E-state index contributed by atoms with van der Waals surface area (Å²) in [6.07, 6.45) is 5.15. The van der Waals surface area contributed by atoms with Crippen molar-refractivity contribution < 1.29 is 23.8 Å². The molecule has 1 fully saturated rings. The minimum absolute atomic E-state index is 0.0763. The van der Waals surface area contributed by atoms with Crippen LogP contribution < -0.4 is 4.74 Å². The maximum absolute atomic E-state index is 13.9. The van der Waals surface area contributed by atoms with Gasteiger partial charge in [-0.3, -0.25) is 4.79 Å². The van der Waals surface area contributed by atoms with Crippen LogP contribution in [-0.4, -0.2) is 29.2 Å². The summed E-state index contributed by atoms with van der Waals surface area (Å²) in [5.74, 6) is -0.346. The van der Waals surface area contributed by atoms with E-state index in [1.807, 2.05) is 25.1 Å². The molecule has 0 aromatic heterocycles. The third-order valence-corrected chi connectivity index (χ3v) is 6.79. The van der Waals surface area contributed by atoms with Crippen LogP contribution in [0.25, 0.3) is 16.7 Å². The molecule has 1 aliphatic carbocycles. The molecule has 1 spiro atoms. The fourth-order valence-corrected chi connectivity index (χ4v) is 5.08. The van der Waals surface area contributed by atoms with Crippen molar-refractivity contribution in [3.8, 4) is 16.9 Å². The molecular formula is C27H31FO4. The molecule has 5 heteroatoms. The maximum Gasteiger partial charge on any atom is 0.198 e. The normalized spacial score (nSPS) is 20.0. The van der Waals surface area contributed by atoms with Crippen molar-refractivity contribution in [3.63, 3.8) is 0 Å².